The maximum absolute atomic E-state index is 12.2. The van der Waals surface area contributed by atoms with E-state index in [1.165, 1.54) is 0 Å². The van der Waals surface area contributed by atoms with Gasteiger partial charge in [-0.05, 0) is 31.9 Å². The predicted molar refractivity (Wildman–Crippen MR) is 88.1 cm³/mol. The molecule has 1 rings (SSSR count). The lowest BCUT2D eigenvalue weighted by Crippen LogP contribution is -2.46. The Bertz CT molecular complexity index is 650. The number of hydrogen-bond acceptors (Lipinski definition) is 3. The zero-order valence-electron chi connectivity index (χ0n) is 13.3. The number of amides is 1. The first-order chi connectivity index (χ1) is 10.3. The SMILES string of the molecule is C#CC(CC)(CC)NC(=O)CCS(=O)(=O)c1ccc(C)cc1. The summed E-state index contributed by atoms with van der Waals surface area (Å²) in [5.74, 6) is 2.04. The van der Waals surface area contributed by atoms with E-state index in [0.717, 1.165) is 5.56 Å². The van der Waals surface area contributed by atoms with Gasteiger partial charge in [0.2, 0.25) is 5.91 Å². The summed E-state index contributed by atoms with van der Waals surface area (Å²) < 4.78 is 24.4. The van der Waals surface area contributed by atoms with E-state index >= 15 is 0 Å². The average Bonchev–Trinajstić information content (AvgIpc) is 2.51. The first-order valence-corrected chi connectivity index (χ1v) is 9.02. The van der Waals surface area contributed by atoms with Crippen molar-refractivity contribution in [3.05, 3.63) is 29.8 Å². The predicted octanol–water partition coefficient (Wildman–Crippen LogP) is 2.47. The van der Waals surface area contributed by atoms with E-state index in [9.17, 15) is 13.2 Å². The Balaban J connectivity index is 2.71. The zero-order chi connectivity index (χ0) is 16.8. The molecule has 0 saturated heterocycles. The highest BCUT2D eigenvalue weighted by Gasteiger charge is 2.26. The number of benzene rings is 1. The number of rotatable bonds is 7. The molecule has 0 aliphatic rings. The van der Waals surface area contributed by atoms with Crippen LogP contribution in [0.3, 0.4) is 0 Å². The molecule has 0 aromatic heterocycles. The average molecular weight is 321 g/mol. The van der Waals surface area contributed by atoms with Gasteiger partial charge in [0.05, 0.1) is 10.6 Å². The lowest BCUT2D eigenvalue weighted by molar-refractivity contribution is -0.122. The molecule has 22 heavy (non-hydrogen) atoms. The molecule has 0 heterocycles. The quantitative estimate of drug-likeness (QED) is 0.785. The molecule has 0 radical (unpaired) electrons. The zero-order valence-corrected chi connectivity index (χ0v) is 14.2. The van der Waals surface area contributed by atoms with Gasteiger partial charge in [0, 0.05) is 6.42 Å². The van der Waals surface area contributed by atoms with Crippen LogP contribution in [0.5, 0.6) is 0 Å². The summed E-state index contributed by atoms with van der Waals surface area (Å²) in [4.78, 5) is 12.2. The molecular formula is C17H23NO3S. The lowest BCUT2D eigenvalue weighted by atomic mass is 9.94. The van der Waals surface area contributed by atoms with E-state index in [0.29, 0.717) is 12.8 Å². The number of carbonyl (C=O) groups is 1. The molecule has 1 N–H and O–H groups in total. The molecule has 0 spiro atoms. The molecule has 0 aliphatic carbocycles. The number of aryl methyl sites for hydroxylation is 1. The van der Waals surface area contributed by atoms with Crippen LogP contribution in [0.25, 0.3) is 0 Å². The monoisotopic (exact) mass is 321 g/mol. The molecule has 0 atom stereocenters. The molecule has 0 bridgehead atoms. The van der Waals surface area contributed by atoms with Crippen molar-refractivity contribution < 1.29 is 13.2 Å². The molecule has 1 aromatic carbocycles. The van der Waals surface area contributed by atoms with Crippen molar-refractivity contribution in [2.75, 3.05) is 5.75 Å². The fourth-order valence-corrected chi connectivity index (χ4v) is 3.33. The third-order valence-corrected chi connectivity index (χ3v) is 5.57. The number of sulfone groups is 1. The Hall–Kier alpha value is -1.80. The summed E-state index contributed by atoms with van der Waals surface area (Å²) in [5, 5.41) is 2.77. The van der Waals surface area contributed by atoms with Crippen molar-refractivity contribution in [2.24, 2.45) is 0 Å². The molecule has 1 aromatic rings. The molecule has 120 valence electrons. The van der Waals surface area contributed by atoms with Crippen LogP contribution in [0.1, 0.15) is 38.7 Å². The van der Waals surface area contributed by atoms with Gasteiger partial charge < -0.3 is 5.32 Å². The normalized spacial score (nSPS) is 11.7. The van der Waals surface area contributed by atoms with E-state index in [-0.39, 0.29) is 23.0 Å². The highest BCUT2D eigenvalue weighted by molar-refractivity contribution is 7.91. The fourth-order valence-electron chi connectivity index (χ4n) is 2.09. The first-order valence-electron chi connectivity index (χ1n) is 7.37. The van der Waals surface area contributed by atoms with Crippen LogP contribution in [-0.4, -0.2) is 25.6 Å². The maximum Gasteiger partial charge on any atom is 0.222 e. The van der Waals surface area contributed by atoms with Crippen molar-refractivity contribution in [2.45, 2.75) is 50.5 Å². The summed E-state index contributed by atoms with van der Waals surface area (Å²) in [6.45, 7) is 5.68. The second kappa shape index (κ2) is 7.46. The van der Waals surface area contributed by atoms with Crippen LogP contribution < -0.4 is 5.32 Å². The molecule has 1 amide bonds. The molecule has 0 aliphatic heterocycles. The van der Waals surface area contributed by atoms with Crippen LogP contribution >= 0.6 is 0 Å². The highest BCUT2D eigenvalue weighted by Crippen LogP contribution is 2.15. The molecule has 5 heteroatoms. The molecule has 4 nitrogen and oxygen atoms in total. The van der Waals surface area contributed by atoms with Crippen LogP contribution in [0, 0.1) is 19.3 Å². The van der Waals surface area contributed by atoms with Gasteiger partial charge in [-0.15, -0.1) is 6.42 Å². The van der Waals surface area contributed by atoms with E-state index in [2.05, 4.69) is 11.2 Å². The van der Waals surface area contributed by atoms with Gasteiger partial charge in [0.1, 0.15) is 5.54 Å². The number of nitrogens with one attached hydrogen (secondary N) is 1. The largest absolute Gasteiger partial charge is 0.340 e. The van der Waals surface area contributed by atoms with Gasteiger partial charge in [-0.3, -0.25) is 4.79 Å². The van der Waals surface area contributed by atoms with Crippen LogP contribution in [0.2, 0.25) is 0 Å². The molecule has 0 saturated carbocycles. The lowest BCUT2D eigenvalue weighted by Gasteiger charge is -2.27. The van der Waals surface area contributed by atoms with Crippen LogP contribution in [-0.2, 0) is 14.6 Å². The summed E-state index contributed by atoms with van der Waals surface area (Å²) in [6, 6.07) is 6.60. The second-order valence-electron chi connectivity index (χ2n) is 5.36. The Morgan fingerprint density at radius 2 is 1.77 bits per heavy atom. The van der Waals surface area contributed by atoms with Gasteiger partial charge in [-0.1, -0.05) is 37.5 Å². The Morgan fingerprint density at radius 3 is 2.23 bits per heavy atom. The molecular weight excluding hydrogens is 298 g/mol. The molecule has 0 unspecified atom stereocenters. The van der Waals surface area contributed by atoms with E-state index in [4.69, 9.17) is 6.42 Å². The summed E-state index contributed by atoms with van der Waals surface area (Å²) in [7, 11) is -3.46. The van der Waals surface area contributed by atoms with Crippen molar-refractivity contribution in [1.82, 2.24) is 5.32 Å². The summed E-state index contributed by atoms with van der Waals surface area (Å²) >= 11 is 0. The third kappa shape index (κ3) is 4.60. The van der Waals surface area contributed by atoms with E-state index < -0.39 is 15.4 Å². The minimum absolute atomic E-state index is 0.0976. The number of terminal acetylenes is 1. The van der Waals surface area contributed by atoms with Gasteiger partial charge in [0.25, 0.3) is 0 Å². The van der Waals surface area contributed by atoms with Gasteiger partial charge >= 0.3 is 0 Å². The minimum atomic E-state index is -3.46. The minimum Gasteiger partial charge on any atom is -0.340 e. The van der Waals surface area contributed by atoms with Gasteiger partial charge in [-0.2, -0.15) is 0 Å². The highest BCUT2D eigenvalue weighted by atomic mass is 32.2. The van der Waals surface area contributed by atoms with Gasteiger partial charge in [0.15, 0.2) is 9.84 Å². The number of carbonyl (C=O) groups excluding carboxylic acids is 1. The standard InChI is InChI=1S/C17H23NO3S/c1-5-17(6-2,7-3)18-16(19)12-13-22(20,21)15-10-8-14(4)9-11-15/h1,8-11H,6-7,12-13H2,2-4H3,(H,18,19). The summed E-state index contributed by atoms with van der Waals surface area (Å²) in [6.07, 6.45) is 6.60. The fraction of sp³-hybridized carbons (Fsp3) is 0.471. The van der Waals surface area contributed by atoms with Crippen LogP contribution in [0.15, 0.2) is 29.2 Å². The second-order valence-corrected chi connectivity index (χ2v) is 7.47. The summed E-state index contributed by atoms with van der Waals surface area (Å²) in [5.41, 5.74) is 0.298. The topological polar surface area (TPSA) is 63.2 Å². The van der Waals surface area contributed by atoms with E-state index in [1.807, 2.05) is 20.8 Å². The van der Waals surface area contributed by atoms with Gasteiger partial charge in [-0.25, -0.2) is 8.42 Å². The Morgan fingerprint density at radius 1 is 1.23 bits per heavy atom. The van der Waals surface area contributed by atoms with E-state index in [1.54, 1.807) is 24.3 Å². The smallest absolute Gasteiger partial charge is 0.222 e. The number of hydrogen-bond donors (Lipinski definition) is 1. The Labute approximate surface area is 133 Å². The maximum atomic E-state index is 12.2. The first kappa shape index (κ1) is 18.2. The van der Waals surface area contributed by atoms with Crippen molar-refractivity contribution in [1.29, 1.82) is 0 Å². The van der Waals surface area contributed by atoms with Crippen molar-refractivity contribution >= 4 is 15.7 Å². The van der Waals surface area contributed by atoms with Crippen molar-refractivity contribution in [3.63, 3.8) is 0 Å². The Kier molecular flexibility index (Phi) is 6.19. The third-order valence-electron chi connectivity index (χ3n) is 3.84. The van der Waals surface area contributed by atoms with Crippen LogP contribution in [0.4, 0.5) is 0 Å². The molecule has 0 fully saturated rings. The van der Waals surface area contributed by atoms with Crippen molar-refractivity contribution in [3.8, 4) is 12.3 Å².